The fourth-order valence-corrected chi connectivity index (χ4v) is 3.82. The second kappa shape index (κ2) is 7.52. The monoisotopic (exact) mass is 302 g/mol. The standard InChI is InChI=1S/C12H18N2O3S2/c1-19(16,17)7-6-18-9-11-5-3-2-4-10(11)8-12(15)14-13/h2-5H,6-9,13H2,1H3,(H,14,15). The molecule has 0 aliphatic carbocycles. The highest BCUT2D eigenvalue weighted by atomic mass is 32.2. The maximum atomic E-state index is 11.3. The maximum Gasteiger partial charge on any atom is 0.238 e. The summed E-state index contributed by atoms with van der Waals surface area (Å²) in [6.45, 7) is 0. The van der Waals surface area contributed by atoms with Gasteiger partial charge in [0, 0.05) is 17.8 Å². The first-order valence-electron chi connectivity index (χ1n) is 5.74. The van der Waals surface area contributed by atoms with Crippen molar-refractivity contribution in [3.63, 3.8) is 0 Å². The third-order valence-corrected chi connectivity index (χ3v) is 4.70. The van der Waals surface area contributed by atoms with E-state index in [9.17, 15) is 13.2 Å². The Labute approximate surface area is 117 Å². The lowest BCUT2D eigenvalue weighted by atomic mass is 10.1. The van der Waals surface area contributed by atoms with Crippen molar-refractivity contribution in [2.45, 2.75) is 12.2 Å². The second-order valence-corrected chi connectivity index (χ2v) is 7.56. The third kappa shape index (κ3) is 6.60. The normalized spacial score (nSPS) is 11.3. The number of nitrogens with two attached hydrogens (primary N) is 1. The minimum atomic E-state index is -2.91. The molecule has 0 spiro atoms. The van der Waals surface area contributed by atoms with Crippen molar-refractivity contribution < 1.29 is 13.2 Å². The topological polar surface area (TPSA) is 89.3 Å². The molecule has 1 aromatic rings. The number of sulfone groups is 1. The lowest BCUT2D eigenvalue weighted by Crippen LogP contribution is -2.31. The summed E-state index contributed by atoms with van der Waals surface area (Å²) in [4.78, 5) is 11.3. The Bertz CT molecular complexity index is 530. The molecule has 0 radical (unpaired) electrons. The van der Waals surface area contributed by atoms with Crippen LogP contribution in [0.2, 0.25) is 0 Å². The molecule has 0 unspecified atom stereocenters. The van der Waals surface area contributed by atoms with Gasteiger partial charge in [-0.15, -0.1) is 0 Å². The van der Waals surface area contributed by atoms with Crippen LogP contribution in [0.4, 0.5) is 0 Å². The van der Waals surface area contributed by atoms with E-state index in [4.69, 9.17) is 5.84 Å². The van der Waals surface area contributed by atoms with Gasteiger partial charge >= 0.3 is 0 Å². The van der Waals surface area contributed by atoms with Gasteiger partial charge in [-0.1, -0.05) is 24.3 Å². The molecule has 1 rings (SSSR count). The van der Waals surface area contributed by atoms with Crippen LogP contribution >= 0.6 is 11.8 Å². The number of benzene rings is 1. The highest BCUT2D eigenvalue weighted by molar-refractivity contribution is 7.99. The quantitative estimate of drug-likeness (QED) is 0.331. The Hall–Kier alpha value is -1.05. The highest BCUT2D eigenvalue weighted by Crippen LogP contribution is 2.17. The van der Waals surface area contributed by atoms with Crippen LogP contribution in [-0.2, 0) is 26.8 Å². The molecule has 106 valence electrons. The van der Waals surface area contributed by atoms with Gasteiger partial charge < -0.3 is 0 Å². The Kier molecular flexibility index (Phi) is 6.33. The van der Waals surface area contributed by atoms with Gasteiger partial charge in [-0.2, -0.15) is 11.8 Å². The summed E-state index contributed by atoms with van der Waals surface area (Å²) >= 11 is 1.54. The summed E-state index contributed by atoms with van der Waals surface area (Å²) in [7, 11) is -2.91. The predicted octanol–water partition coefficient (Wildman–Crippen LogP) is 0.497. The number of thioether (sulfide) groups is 1. The lowest BCUT2D eigenvalue weighted by Gasteiger charge is -2.08. The Morgan fingerprint density at radius 1 is 1.32 bits per heavy atom. The van der Waals surface area contributed by atoms with E-state index < -0.39 is 9.84 Å². The first-order valence-corrected chi connectivity index (χ1v) is 8.95. The fraction of sp³-hybridized carbons (Fsp3) is 0.417. The molecule has 0 bridgehead atoms. The van der Waals surface area contributed by atoms with Gasteiger partial charge in [-0.05, 0) is 11.1 Å². The molecule has 1 aromatic carbocycles. The first kappa shape index (κ1) is 16.0. The molecular weight excluding hydrogens is 284 g/mol. The smallest absolute Gasteiger partial charge is 0.238 e. The number of carbonyl (C=O) groups excluding carboxylic acids is 1. The van der Waals surface area contributed by atoms with Crippen molar-refractivity contribution >= 4 is 27.5 Å². The summed E-state index contributed by atoms with van der Waals surface area (Å²) in [6.07, 6.45) is 1.46. The van der Waals surface area contributed by atoms with Crippen LogP contribution in [0, 0.1) is 0 Å². The molecule has 19 heavy (non-hydrogen) atoms. The minimum absolute atomic E-state index is 0.170. The maximum absolute atomic E-state index is 11.3. The summed E-state index contributed by atoms with van der Waals surface area (Å²) in [5, 5.41) is 0. The van der Waals surface area contributed by atoms with Crippen molar-refractivity contribution in [2.75, 3.05) is 17.8 Å². The predicted molar refractivity (Wildman–Crippen MR) is 78.3 cm³/mol. The molecule has 7 heteroatoms. The van der Waals surface area contributed by atoms with E-state index in [-0.39, 0.29) is 18.1 Å². The van der Waals surface area contributed by atoms with E-state index in [1.54, 1.807) is 0 Å². The van der Waals surface area contributed by atoms with Gasteiger partial charge in [0.15, 0.2) is 0 Å². The summed E-state index contributed by atoms with van der Waals surface area (Å²) < 4.78 is 22.0. The van der Waals surface area contributed by atoms with E-state index in [2.05, 4.69) is 5.43 Å². The number of rotatable bonds is 7. The van der Waals surface area contributed by atoms with Crippen LogP contribution in [0.25, 0.3) is 0 Å². The van der Waals surface area contributed by atoms with E-state index in [1.807, 2.05) is 24.3 Å². The number of amides is 1. The van der Waals surface area contributed by atoms with Gasteiger partial charge in [-0.3, -0.25) is 10.2 Å². The lowest BCUT2D eigenvalue weighted by molar-refractivity contribution is -0.120. The third-order valence-electron chi connectivity index (χ3n) is 2.49. The highest BCUT2D eigenvalue weighted by Gasteiger charge is 2.07. The fourth-order valence-electron chi connectivity index (χ4n) is 1.49. The largest absolute Gasteiger partial charge is 0.294 e. The number of carbonyl (C=O) groups is 1. The number of nitrogens with one attached hydrogen (secondary N) is 1. The van der Waals surface area contributed by atoms with Crippen molar-refractivity contribution in [1.82, 2.24) is 5.43 Å². The Balaban J connectivity index is 2.55. The molecule has 0 saturated heterocycles. The molecule has 1 amide bonds. The average molecular weight is 302 g/mol. The van der Waals surface area contributed by atoms with Crippen molar-refractivity contribution in [2.24, 2.45) is 5.84 Å². The van der Waals surface area contributed by atoms with Crippen molar-refractivity contribution in [1.29, 1.82) is 0 Å². The van der Waals surface area contributed by atoms with Gasteiger partial charge in [0.1, 0.15) is 9.84 Å². The summed E-state index contributed by atoms with van der Waals surface area (Å²) in [5.74, 6) is 6.23. The van der Waals surface area contributed by atoms with Crippen LogP contribution in [0.3, 0.4) is 0 Å². The molecule has 0 heterocycles. The van der Waals surface area contributed by atoms with Gasteiger partial charge in [0.25, 0.3) is 0 Å². The zero-order valence-corrected chi connectivity index (χ0v) is 12.4. The zero-order chi connectivity index (χ0) is 14.3. The molecule has 0 atom stereocenters. The van der Waals surface area contributed by atoms with E-state index in [0.29, 0.717) is 11.5 Å². The van der Waals surface area contributed by atoms with Crippen molar-refractivity contribution in [3.8, 4) is 0 Å². The van der Waals surface area contributed by atoms with E-state index >= 15 is 0 Å². The van der Waals surface area contributed by atoms with Crippen LogP contribution < -0.4 is 11.3 Å². The second-order valence-electron chi connectivity index (χ2n) is 4.20. The van der Waals surface area contributed by atoms with Gasteiger partial charge in [0.2, 0.25) is 5.91 Å². The molecular formula is C12H18N2O3S2. The van der Waals surface area contributed by atoms with Crippen LogP contribution in [0.1, 0.15) is 11.1 Å². The van der Waals surface area contributed by atoms with Crippen molar-refractivity contribution in [3.05, 3.63) is 35.4 Å². The molecule has 0 saturated carbocycles. The van der Waals surface area contributed by atoms with Gasteiger partial charge in [0.05, 0.1) is 12.2 Å². The molecule has 0 fully saturated rings. The van der Waals surface area contributed by atoms with Gasteiger partial charge in [-0.25, -0.2) is 14.3 Å². The SMILES string of the molecule is CS(=O)(=O)CCSCc1ccccc1CC(=O)NN. The minimum Gasteiger partial charge on any atom is -0.294 e. The first-order chi connectivity index (χ1) is 8.92. The molecule has 0 aliphatic rings. The molecule has 0 aliphatic heterocycles. The molecule has 3 N–H and O–H groups in total. The van der Waals surface area contributed by atoms with E-state index in [0.717, 1.165) is 11.1 Å². The number of hydrogen-bond donors (Lipinski definition) is 2. The molecule has 0 aromatic heterocycles. The van der Waals surface area contributed by atoms with Crippen LogP contribution in [0.15, 0.2) is 24.3 Å². The average Bonchev–Trinajstić information content (AvgIpc) is 2.35. The number of hydrazine groups is 1. The Morgan fingerprint density at radius 3 is 2.53 bits per heavy atom. The van der Waals surface area contributed by atoms with Crippen LogP contribution in [-0.4, -0.2) is 32.1 Å². The zero-order valence-electron chi connectivity index (χ0n) is 10.8. The molecule has 5 nitrogen and oxygen atoms in total. The summed E-state index contributed by atoms with van der Waals surface area (Å²) in [5.41, 5.74) is 4.05. The van der Waals surface area contributed by atoms with Crippen LogP contribution in [0.5, 0.6) is 0 Å². The Morgan fingerprint density at radius 2 is 1.95 bits per heavy atom. The number of hydrogen-bond acceptors (Lipinski definition) is 5. The summed E-state index contributed by atoms with van der Waals surface area (Å²) in [6, 6.07) is 7.58. The van der Waals surface area contributed by atoms with E-state index in [1.165, 1.54) is 18.0 Å².